The number of amides is 2. The Labute approximate surface area is 171 Å². The zero-order valence-electron chi connectivity index (χ0n) is 16.9. The molecule has 0 bridgehead atoms. The number of halogens is 1. The van der Waals surface area contributed by atoms with Gasteiger partial charge < -0.3 is 5.32 Å². The van der Waals surface area contributed by atoms with Gasteiger partial charge in [-0.1, -0.05) is 44.5 Å². The lowest BCUT2D eigenvalue weighted by Crippen LogP contribution is -2.22. The van der Waals surface area contributed by atoms with E-state index in [1.165, 1.54) is 0 Å². The molecule has 0 fully saturated rings. The zero-order valence-corrected chi connectivity index (χ0v) is 17.6. The molecule has 0 aromatic heterocycles. The molecule has 2 amide bonds. The molecule has 0 saturated carbocycles. The predicted octanol–water partition coefficient (Wildman–Crippen LogP) is 5.08. The smallest absolute Gasteiger partial charge is 0.271 e. The van der Waals surface area contributed by atoms with Crippen LogP contribution in [0.1, 0.15) is 55.6 Å². The van der Waals surface area contributed by atoms with Gasteiger partial charge in [0.15, 0.2) is 0 Å². The summed E-state index contributed by atoms with van der Waals surface area (Å²) in [7, 11) is 0. The Bertz CT molecular complexity index is 897. The van der Waals surface area contributed by atoms with Gasteiger partial charge in [0.1, 0.15) is 0 Å². The summed E-state index contributed by atoms with van der Waals surface area (Å²) in [5.74, 6) is -0.524. The van der Waals surface area contributed by atoms with Crippen molar-refractivity contribution < 1.29 is 9.59 Å². The number of hydrogen-bond acceptors (Lipinski definition) is 3. The third-order valence-electron chi connectivity index (χ3n) is 4.24. The van der Waals surface area contributed by atoms with E-state index in [1.807, 2.05) is 19.1 Å². The van der Waals surface area contributed by atoms with E-state index in [4.69, 9.17) is 11.6 Å². The van der Waals surface area contributed by atoms with Crippen LogP contribution in [0.2, 0.25) is 5.02 Å². The Hall–Kier alpha value is -2.66. The van der Waals surface area contributed by atoms with Crippen molar-refractivity contribution in [2.24, 2.45) is 5.10 Å². The number of benzene rings is 2. The van der Waals surface area contributed by atoms with E-state index in [0.717, 1.165) is 11.1 Å². The molecule has 0 radical (unpaired) electrons. The van der Waals surface area contributed by atoms with Crippen LogP contribution in [0.3, 0.4) is 0 Å². The van der Waals surface area contributed by atoms with E-state index >= 15 is 0 Å². The quantitative estimate of drug-likeness (QED) is 0.543. The topological polar surface area (TPSA) is 70.6 Å². The standard InChI is InChI=1S/C22H26ClN3O2/c1-14-12-18(23)10-11-19(14)24-20(27)13-15(2)25-26-21(28)16-6-8-17(9-7-16)22(3,4)5/h6-12H,13H2,1-5H3,(H,24,27)(H,26,28). The Morgan fingerprint density at radius 2 is 1.71 bits per heavy atom. The monoisotopic (exact) mass is 399 g/mol. The van der Waals surface area contributed by atoms with Gasteiger partial charge in [-0.05, 0) is 60.7 Å². The van der Waals surface area contributed by atoms with Gasteiger partial charge in [0.2, 0.25) is 5.91 Å². The Kier molecular flexibility index (Phi) is 6.97. The normalized spacial score (nSPS) is 11.9. The second-order valence-corrected chi connectivity index (χ2v) is 8.24. The van der Waals surface area contributed by atoms with Crippen molar-refractivity contribution in [3.63, 3.8) is 0 Å². The summed E-state index contributed by atoms with van der Waals surface area (Å²) in [6, 6.07) is 12.7. The molecule has 2 aromatic carbocycles. The first kappa shape index (κ1) is 21.6. The van der Waals surface area contributed by atoms with Gasteiger partial charge in [-0.15, -0.1) is 0 Å². The summed E-state index contributed by atoms with van der Waals surface area (Å²) in [5, 5.41) is 7.46. The number of carbonyl (C=O) groups is 2. The van der Waals surface area contributed by atoms with Crippen molar-refractivity contribution in [1.29, 1.82) is 0 Å². The molecule has 6 heteroatoms. The van der Waals surface area contributed by atoms with Gasteiger partial charge in [-0.2, -0.15) is 5.10 Å². The fourth-order valence-electron chi connectivity index (χ4n) is 2.57. The third kappa shape index (κ3) is 6.20. The van der Waals surface area contributed by atoms with Crippen molar-refractivity contribution in [3.8, 4) is 0 Å². The maximum Gasteiger partial charge on any atom is 0.271 e. The Morgan fingerprint density at radius 1 is 1.07 bits per heavy atom. The Morgan fingerprint density at radius 3 is 2.29 bits per heavy atom. The lowest BCUT2D eigenvalue weighted by molar-refractivity contribution is -0.115. The summed E-state index contributed by atoms with van der Waals surface area (Å²) >= 11 is 5.92. The number of nitrogens with zero attached hydrogens (tertiary/aromatic N) is 1. The van der Waals surface area contributed by atoms with Gasteiger partial charge in [0.05, 0.1) is 6.42 Å². The average Bonchev–Trinajstić information content (AvgIpc) is 2.61. The first-order valence-corrected chi connectivity index (χ1v) is 9.44. The van der Waals surface area contributed by atoms with E-state index in [1.54, 1.807) is 37.3 Å². The molecule has 0 aliphatic carbocycles. The first-order chi connectivity index (χ1) is 13.1. The molecule has 0 heterocycles. The van der Waals surface area contributed by atoms with E-state index < -0.39 is 0 Å². The zero-order chi connectivity index (χ0) is 20.9. The summed E-state index contributed by atoms with van der Waals surface area (Å²) < 4.78 is 0. The minimum Gasteiger partial charge on any atom is -0.326 e. The lowest BCUT2D eigenvalue weighted by Gasteiger charge is -2.18. The van der Waals surface area contributed by atoms with Crippen LogP contribution in [0.4, 0.5) is 5.69 Å². The molecule has 148 valence electrons. The number of nitrogens with one attached hydrogen (secondary N) is 2. The van der Waals surface area contributed by atoms with Gasteiger partial charge in [-0.3, -0.25) is 9.59 Å². The van der Waals surface area contributed by atoms with E-state index in [-0.39, 0.29) is 23.7 Å². The van der Waals surface area contributed by atoms with Crippen LogP contribution in [0, 0.1) is 6.92 Å². The van der Waals surface area contributed by atoms with Crippen LogP contribution in [0.5, 0.6) is 0 Å². The molecular formula is C22H26ClN3O2. The first-order valence-electron chi connectivity index (χ1n) is 9.06. The number of hydrogen-bond donors (Lipinski definition) is 2. The maximum absolute atomic E-state index is 12.2. The van der Waals surface area contributed by atoms with Crippen LogP contribution >= 0.6 is 11.6 Å². The fraction of sp³-hybridized carbons (Fsp3) is 0.318. The minimum absolute atomic E-state index is 0.0273. The highest BCUT2D eigenvalue weighted by Crippen LogP contribution is 2.22. The van der Waals surface area contributed by atoms with Crippen LogP contribution in [-0.4, -0.2) is 17.5 Å². The highest BCUT2D eigenvalue weighted by atomic mass is 35.5. The molecule has 28 heavy (non-hydrogen) atoms. The maximum atomic E-state index is 12.2. The van der Waals surface area contributed by atoms with Gasteiger partial charge in [-0.25, -0.2) is 5.43 Å². The Balaban J connectivity index is 1.92. The second-order valence-electron chi connectivity index (χ2n) is 7.80. The van der Waals surface area contributed by atoms with Crippen molar-refractivity contribution >= 4 is 34.8 Å². The molecule has 0 spiro atoms. The number of rotatable bonds is 5. The molecule has 0 saturated heterocycles. The van der Waals surface area contributed by atoms with Crippen LogP contribution in [0.15, 0.2) is 47.6 Å². The highest BCUT2D eigenvalue weighted by molar-refractivity contribution is 6.30. The summed E-state index contributed by atoms with van der Waals surface area (Å²) in [5.41, 5.74) is 6.27. The van der Waals surface area contributed by atoms with Crippen molar-refractivity contribution in [2.45, 2.75) is 46.5 Å². The van der Waals surface area contributed by atoms with Gasteiger partial charge in [0.25, 0.3) is 5.91 Å². The molecular weight excluding hydrogens is 374 g/mol. The SMILES string of the molecule is CC(CC(=O)Nc1ccc(Cl)cc1C)=NNC(=O)c1ccc(C(C)(C)C)cc1. The molecule has 2 N–H and O–H groups in total. The molecule has 0 atom stereocenters. The van der Waals surface area contributed by atoms with Crippen molar-refractivity contribution in [3.05, 3.63) is 64.2 Å². The second kappa shape index (κ2) is 9.02. The van der Waals surface area contributed by atoms with E-state index in [2.05, 4.69) is 36.6 Å². The van der Waals surface area contributed by atoms with Crippen LogP contribution < -0.4 is 10.7 Å². The van der Waals surface area contributed by atoms with Crippen molar-refractivity contribution in [1.82, 2.24) is 5.43 Å². The summed E-state index contributed by atoms with van der Waals surface area (Å²) in [4.78, 5) is 24.4. The molecule has 5 nitrogen and oxygen atoms in total. The number of hydrazone groups is 1. The van der Waals surface area contributed by atoms with Crippen LogP contribution in [0.25, 0.3) is 0 Å². The molecule has 0 aliphatic heterocycles. The number of anilines is 1. The summed E-state index contributed by atoms with van der Waals surface area (Å²) in [6.45, 7) is 9.91. The van der Waals surface area contributed by atoms with Crippen LogP contribution in [-0.2, 0) is 10.2 Å². The lowest BCUT2D eigenvalue weighted by atomic mass is 9.87. The van der Waals surface area contributed by atoms with Gasteiger partial charge in [0, 0.05) is 22.0 Å². The van der Waals surface area contributed by atoms with E-state index in [9.17, 15) is 9.59 Å². The highest BCUT2D eigenvalue weighted by Gasteiger charge is 2.14. The molecule has 2 aromatic rings. The number of carbonyl (C=O) groups excluding carboxylic acids is 2. The van der Waals surface area contributed by atoms with Gasteiger partial charge >= 0.3 is 0 Å². The van der Waals surface area contributed by atoms with Crippen molar-refractivity contribution in [2.75, 3.05) is 5.32 Å². The average molecular weight is 400 g/mol. The van der Waals surface area contributed by atoms with E-state index in [0.29, 0.717) is 22.0 Å². The summed E-state index contributed by atoms with van der Waals surface area (Å²) in [6.07, 6.45) is 0.0747. The third-order valence-corrected chi connectivity index (χ3v) is 4.48. The largest absolute Gasteiger partial charge is 0.326 e. The molecule has 0 unspecified atom stereocenters. The molecule has 2 rings (SSSR count). The number of aryl methyl sites for hydroxylation is 1. The molecule has 0 aliphatic rings. The minimum atomic E-state index is -0.311. The fourth-order valence-corrected chi connectivity index (χ4v) is 2.79. The predicted molar refractivity (Wildman–Crippen MR) is 115 cm³/mol.